The highest BCUT2D eigenvalue weighted by Gasteiger charge is 2.49. The van der Waals surface area contributed by atoms with Gasteiger partial charge in [0.1, 0.15) is 30.3 Å². The molecule has 4 fully saturated rings. The third-order valence-electron chi connectivity index (χ3n) is 7.24. The Morgan fingerprint density at radius 1 is 1.29 bits per heavy atom. The van der Waals surface area contributed by atoms with Crippen molar-refractivity contribution >= 4 is 17.4 Å². The molecule has 11 nitrogen and oxygen atoms in total. The number of amides is 1. The van der Waals surface area contributed by atoms with Crippen molar-refractivity contribution in [3.8, 4) is 22.9 Å². The summed E-state index contributed by atoms with van der Waals surface area (Å²) in [6.07, 6.45) is 6.35. The molecule has 0 aromatic carbocycles. The van der Waals surface area contributed by atoms with Crippen molar-refractivity contribution in [1.29, 1.82) is 5.26 Å². The van der Waals surface area contributed by atoms with Crippen LogP contribution in [0.4, 0.5) is 10.6 Å². The van der Waals surface area contributed by atoms with Gasteiger partial charge in [0.25, 0.3) is 0 Å². The third kappa shape index (κ3) is 4.61. The summed E-state index contributed by atoms with van der Waals surface area (Å²) < 4.78 is 18.4. The van der Waals surface area contributed by atoms with Crippen LogP contribution in [-0.2, 0) is 9.47 Å². The van der Waals surface area contributed by atoms with Crippen molar-refractivity contribution in [3.05, 3.63) is 42.4 Å². The summed E-state index contributed by atoms with van der Waals surface area (Å²) in [5.74, 6) is 1.36. The van der Waals surface area contributed by atoms with Crippen molar-refractivity contribution in [1.82, 2.24) is 19.5 Å². The summed E-state index contributed by atoms with van der Waals surface area (Å²) in [5.41, 5.74) is 1.70. The standard InChI is InChI=1S/C27H30N6O5/c1-27(2,35)16-37-22-8-23(25-18(9-28)11-30-32(25)14-22)17-3-4-24(29-10-17)31-12-19-7-20(13-31)33(19)26(34)38-21-5-6-36-15-21/h3-4,8,10-11,14,19-21,35H,5-7,12-13,15-16H2,1-2H3. The number of carbonyl (C=O) groups excluding carboxylic acids is 1. The van der Waals surface area contributed by atoms with E-state index >= 15 is 0 Å². The largest absolute Gasteiger partial charge is 0.489 e. The lowest BCUT2D eigenvalue weighted by atomic mass is 9.88. The molecular formula is C27H30N6O5. The molecule has 4 aliphatic rings. The molecule has 4 saturated heterocycles. The molecule has 11 heteroatoms. The molecule has 0 aliphatic carbocycles. The highest BCUT2D eigenvalue weighted by molar-refractivity contribution is 5.85. The Morgan fingerprint density at radius 3 is 2.76 bits per heavy atom. The average molecular weight is 519 g/mol. The number of piperazine rings is 1. The van der Waals surface area contributed by atoms with E-state index in [9.17, 15) is 15.2 Å². The lowest BCUT2D eigenvalue weighted by Crippen LogP contribution is -2.70. The van der Waals surface area contributed by atoms with Crippen LogP contribution in [0.2, 0.25) is 0 Å². The maximum atomic E-state index is 12.7. The number of hydrogen-bond donors (Lipinski definition) is 1. The van der Waals surface area contributed by atoms with Crippen LogP contribution in [0.3, 0.4) is 0 Å². The molecular weight excluding hydrogens is 488 g/mol. The normalized spacial score (nSPS) is 22.7. The zero-order chi connectivity index (χ0) is 26.4. The first-order valence-corrected chi connectivity index (χ1v) is 12.8. The number of ether oxygens (including phenoxy) is 3. The van der Waals surface area contributed by atoms with Gasteiger partial charge in [0, 0.05) is 36.8 Å². The number of aliphatic hydroxyl groups is 1. The van der Waals surface area contributed by atoms with Crippen LogP contribution < -0.4 is 9.64 Å². The van der Waals surface area contributed by atoms with Gasteiger partial charge in [-0.3, -0.25) is 4.90 Å². The number of fused-ring (bicyclic) bond motifs is 3. The predicted molar refractivity (Wildman–Crippen MR) is 137 cm³/mol. The van der Waals surface area contributed by atoms with Crippen LogP contribution in [0.5, 0.6) is 5.75 Å². The van der Waals surface area contributed by atoms with Crippen molar-refractivity contribution < 1.29 is 24.1 Å². The quantitative estimate of drug-likeness (QED) is 0.524. The van der Waals surface area contributed by atoms with E-state index in [0.717, 1.165) is 29.8 Å². The number of hydrogen-bond acceptors (Lipinski definition) is 9. The van der Waals surface area contributed by atoms with E-state index in [-0.39, 0.29) is 30.9 Å². The van der Waals surface area contributed by atoms with Gasteiger partial charge in [0.05, 0.1) is 54.4 Å². The van der Waals surface area contributed by atoms with Crippen LogP contribution in [0.1, 0.15) is 32.3 Å². The van der Waals surface area contributed by atoms with Gasteiger partial charge >= 0.3 is 6.09 Å². The van der Waals surface area contributed by atoms with Crippen LogP contribution in [0.15, 0.2) is 36.8 Å². The molecule has 0 radical (unpaired) electrons. The second-order valence-electron chi connectivity index (χ2n) is 10.8. The van der Waals surface area contributed by atoms with Crippen LogP contribution >= 0.6 is 0 Å². The summed E-state index contributed by atoms with van der Waals surface area (Å²) in [6.45, 7) is 5.98. The van der Waals surface area contributed by atoms with E-state index in [0.29, 0.717) is 43.1 Å². The highest BCUT2D eigenvalue weighted by atomic mass is 16.6. The van der Waals surface area contributed by atoms with Gasteiger partial charge in [0.2, 0.25) is 0 Å². The summed E-state index contributed by atoms with van der Waals surface area (Å²) in [6, 6.07) is 8.20. The zero-order valence-corrected chi connectivity index (χ0v) is 21.4. The minimum Gasteiger partial charge on any atom is -0.489 e. The fraction of sp³-hybridized carbons (Fsp3) is 0.481. The Labute approximate surface area is 220 Å². The molecule has 3 aromatic rings. The highest BCUT2D eigenvalue weighted by Crippen LogP contribution is 2.36. The van der Waals surface area contributed by atoms with Gasteiger partial charge in [-0.15, -0.1) is 0 Å². The minimum atomic E-state index is -0.993. The van der Waals surface area contributed by atoms with E-state index in [2.05, 4.69) is 16.1 Å². The van der Waals surface area contributed by atoms with E-state index < -0.39 is 5.60 Å². The Morgan fingerprint density at radius 2 is 2.11 bits per heavy atom. The van der Waals surface area contributed by atoms with Crippen LogP contribution in [0.25, 0.3) is 16.6 Å². The molecule has 198 valence electrons. The Bertz CT molecular complexity index is 1370. The molecule has 1 N–H and O–H groups in total. The number of piperidine rings is 1. The summed E-state index contributed by atoms with van der Waals surface area (Å²) in [5, 5.41) is 24.0. The van der Waals surface area contributed by atoms with E-state index in [4.69, 9.17) is 19.2 Å². The Balaban J connectivity index is 1.19. The third-order valence-corrected chi connectivity index (χ3v) is 7.24. The zero-order valence-electron chi connectivity index (χ0n) is 21.4. The van der Waals surface area contributed by atoms with Crippen molar-refractivity contribution in [2.75, 3.05) is 37.8 Å². The minimum absolute atomic E-state index is 0.109. The molecule has 2 bridgehead atoms. The number of carbonyl (C=O) groups is 1. The number of aromatic nitrogens is 3. The number of nitriles is 1. The number of pyridine rings is 2. The van der Waals surface area contributed by atoms with Gasteiger partial charge < -0.3 is 24.2 Å². The number of anilines is 1. The fourth-order valence-corrected chi connectivity index (χ4v) is 5.37. The Kier molecular flexibility index (Phi) is 6.08. The average Bonchev–Trinajstić information content (AvgIpc) is 3.56. The molecule has 3 unspecified atom stereocenters. The van der Waals surface area contributed by atoms with Gasteiger partial charge in [-0.05, 0) is 38.5 Å². The maximum absolute atomic E-state index is 12.7. The van der Waals surface area contributed by atoms with Gasteiger partial charge in [-0.1, -0.05) is 0 Å². The number of nitrogens with zero attached hydrogens (tertiary/aromatic N) is 6. The fourth-order valence-electron chi connectivity index (χ4n) is 5.37. The molecule has 3 atom stereocenters. The van der Waals surface area contributed by atoms with Crippen LogP contribution in [-0.4, -0.2) is 87.4 Å². The molecule has 4 aliphatic heterocycles. The van der Waals surface area contributed by atoms with Gasteiger partial charge in [-0.25, -0.2) is 14.3 Å². The van der Waals surface area contributed by atoms with E-state index in [1.54, 1.807) is 30.8 Å². The van der Waals surface area contributed by atoms with Crippen molar-refractivity contribution in [2.24, 2.45) is 0 Å². The van der Waals surface area contributed by atoms with Crippen molar-refractivity contribution in [3.63, 3.8) is 0 Å². The lowest BCUT2D eigenvalue weighted by Gasteiger charge is -2.55. The summed E-state index contributed by atoms with van der Waals surface area (Å²) in [7, 11) is 0. The van der Waals surface area contributed by atoms with Gasteiger partial charge in [0.15, 0.2) is 0 Å². The SMILES string of the molecule is CC(C)(O)COc1cc(-c2ccc(N3CC4CC(C3)N4C(=O)OC3CCOC3)nc2)c2c(C#N)cnn2c1. The smallest absolute Gasteiger partial charge is 0.410 e. The van der Waals surface area contributed by atoms with Gasteiger partial charge in [-0.2, -0.15) is 10.4 Å². The first kappa shape index (κ1) is 24.5. The maximum Gasteiger partial charge on any atom is 0.410 e. The van der Waals surface area contributed by atoms with Crippen LogP contribution in [0, 0.1) is 11.3 Å². The monoisotopic (exact) mass is 518 g/mol. The van der Waals surface area contributed by atoms with E-state index in [1.807, 2.05) is 23.1 Å². The van der Waals surface area contributed by atoms with Crippen molar-refractivity contribution in [2.45, 2.75) is 50.5 Å². The predicted octanol–water partition coefficient (Wildman–Crippen LogP) is 2.61. The topological polar surface area (TPSA) is 125 Å². The Hall–Kier alpha value is -3.88. The lowest BCUT2D eigenvalue weighted by molar-refractivity contribution is -0.0217. The molecule has 3 aromatic heterocycles. The van der Waals surface area contributed by atoms with E-state index in [1.165, 1.54) is 6.20 Å². The summed E-state index contributed by atoms with van der Waals surface area (Å²) in [4.78, 5) is 21.5. The molecule has 1 amide bonds. The molecule has 38 heavy (non-hydrogen) atoms. The second kappa shape index (κ2) is 9.45. The molecule has 0 spiro atoms. The molecule has 7 heterocycles. The molecule has 7 rings (SSSR count). The summed E-state index contributed by atoms with van der Waals surface area (Å²) >= 11 is 0. The first-order valence-electron chi connectivity index (χ1n) is 12.8. The number of rotatable bonds is 6. The molecule has 0 saturated carbocycles. The second-order valence-corrected chi connectivity index (χ2v) is 10.8. The first-order chi connectivity index (χ1) is 18.3.